The van der Waals surface area contributed by atoms with Gasteiger partial charge in [0, 0.05) is 11.1 Å². The average Bonchev–Trinajstić information content (AvgIpc) is 2.27. The van der Waals surface area contributed by atoms with Crippen LogP contribution < -0.4 is 10.1 Å². The molecule has 2 nitrogen and oxygen atoms in total. The van der Waals surface area contributed by atoms with Crippen LogP contribution in [-0.4, -0.2) is 0 Å². The van der Waals surface area contributed by atoms with Gasteiger partial charge in [0.25, 0.3) is 0 Å². The summed E-state index contributed by atoms with van der Waals surface area (Å²) in [7, 11) is 0. The van der Waals surface area contributed by atoms with Gasteiger partial charge >= 0.3 is 0 Å². The summed E-state index contributed by atoms with van der Waals surface area (Å²) in [6.07, 6.45) is 3.32. The van der Waals surface area contributed by atoms with Crippen LogP contribution >= 0.6 is 11.6 Å². The van der Waals surface area contributed by atoms with E-state index in [0.717, 1.165) is 11.4 Å². The zero-order valence-electron chi connectivity index (χ0n) is 8.09. The normalized spacial score (nSPS) is 13.7. The van der Waals surface area contributed by atoms with E-state index in [1.807, 2.05) is 6.07 Å². The maximum Gasteiger partial charge on any atom is 0.152 e. The van der Waals surface area contributed by atoms with Crippen LogP contribution in [0.5, 0.6) is 5.75 Å². The second-order valence-corrected chi connectivity index (χ2v) is 3.49. The molecule has 0 saturated heterocycles. The number of hydrogen-bond acceptors (Lipinski definition) is 2. The third-order valence-electron chi connectivity index (χ3n) is 2.09. The van der Waals surface area contributed by atoms with Gasteiger partial charge in [-0.3, -0.25) is 0 Å². The third-order valence-corrected chi connectivity index (χ3v) is 2.32. The van der Waals surface area contributed by atoms with E-state index in [-0.39, 0.29) is 0 Å². The highest BCUT2D eigenvalue weighted by Crippen LogP contribution is 2.35. The Morgan fingerprint density at radius 1 is 1.27 bits per heavy atom. The van der Waals surface area contributed by atoms with Gasteiger partial charge < -0.3 is 10.1 Å². The fourth-order valence-electron chi connectivity index (χ4n) is 1.37. The van der Waals surface area contributed by atoms with Crippen molar-refractivity contribution in [2.45, 2.75) is 0 Å². The molecule has 1 aromatic rings. The molecular weight excluding hydrogens is 210 g/mol. The summed E-state index contributed by atoms with van der Waals surface area (Å²) in [6.45, 7) is 7.37. The van der Waals surface area contributed by atoms with Gasteiger partial charge in [-0.05, 0) is 24.3 Å². The van der Waals surface area contributed by atoms with Crippen LogP contribution in [0.3, 0.4) is 0 Å². The Balaban J connectivity index is 2.46. The summed E-state index contributed by atoms with van der Waals surface area (Å²) < 4.78 is 5.61. The van der Waals surface area contributed by atoms with E-state index >= 15 is 0 Å². The largest absolute Gasteiger partial charge is 0.453 e. The standard InChI is InChI=1S/C12H10ClNO/c1-3-9-11(4-2)15-12-7-8(13)5-6-10(12)14-9/h3-7,14H,1-2H2. The molecule has 0 amide bonds. The first-order valence-corrected chi connectivity index (χ1v) is 4.86. The lowest BCUT2D eigenvalue weighted by Crippen LogP contribution is -2.11. The van der Waals surface area contributed by atoms with E-state index in [9.17, 15) is 0 Å². The lowest BCUT2D eigenvalue weighted by atomic mass is 10.2. The summed E-state index contributed by atoms with van der Waals surface area (Å²) in [5.41, 5.74) is 1.68. The summed E-state index contributed by atoms with van der Waals surface area (Å²) in [4.78, 5) is 0. The Bertz CT molecular complexity index is 463. The minimum Gasteiger partial charge on any atom is -0.453 e. The van der Waals surface area contributed by atoms with Gasteiger partial charge in [-0.15, -0.1) is 0 Å². The number of rotatable bonds is 2. The first-order chi connectivity index (χ1) is 7.24. The van der Waals surface area contributed by atoms with Gasteiger partial charge in [0.05, 0.1) is 11.4 Å². The second-order valence-electron chi connectivity index (χ2n) is 3.05. The van der Waals surface area contributed by atoms with Crippen molar-refractivity contribution in [3.8, 4) is 5.75 Å². The molecule has 15 heavy (non-hydrogen) atoms. The molecule has 0 bridgehead atoms. The molecule has 3 heteroatoms. The molecule has 1 aliphatic rings. The number of benzene rings is 1. The fraction of sp³-hybridized carbons (Fsp3) is 0. The number of halogens is 1. The van der Waals surface area contributed by atoms with Gasteiger partial charge in [0.1, 0.15) is 5.76 Å². The molecule has 0 fully saturated rings. The molecule has 1 aromatic carbocycles. The van der Waals surface area contributed by atoms with Crippen molar-refractivity contribution >= 4 is 17.3 Å². The van der Waals surface area contributed by atoms with Crippen molar-refractivity contribution in [2.75, 3.05) is 5.32 Å². The minimum absolute atomic E-state index is 0.640. The molecule has 76 valence electrons. The van der Waals surface area contributed by atoms with Crippen molar-refractivity contribution < 1.29 is 4.74 Å². The average molecular weight is 220 g/mol. The molecule has 1 N–H and O–H groups in total. The van der Waals surface area contributed by atoms with E-state index in [1.54, 1.807) is 24.3 Å². The molecule has 0 aromatic heterocycles. The van der Waals surface area contributed by atoms with E-state index in [0.29, 0.717) is 16.5 Å². The Labute approximate surface area is 93.5 Å². The van der Waals surface area contributed by atoms with E-state index in [4.69, 9.17) is 16.3 Å². The monoisotopic (exact) mass is 219 g/mol. The van der Waals surface area contributed by atoms with Crippen molar-refractivity contribution in [3.05, 3.63) is 60.0 Å². The van der Waals surface area contributed by atoms with E-state index in [2.05, 4.69) is 18.5 Å². The van der Waals surface area contributed by atoms with Crippen LogP contribution in [0.1, 0.15) is 0 Å². The number of nitrogens with one attached hydrogen (secondary N) is 1. The van der Waals surface area contributed by atoms with Crippen molar-refractivity contribution in [2.24, 2.45) is 0 Å². The highest BCUT2D eigenvalue weighted by atomic mass is 35.5. The van der Waals surface area contributed by atoms with E-state index in [1.165, 1.54) is 0 Å². The van der Waals surface area contributed by atoms with Gasteiger partial charge in [-0.2, -0.15) is 0 Å². The van der Waals surface area contributed by atoms with Crippen molar-refractivity contribution in [1.82, 2.24) is 0 Å². The van der Waals surface area contributed by atoms with Crippen molar-refractivity contribution in [1.29, 1.82) is 0 Å². The van der Waals surface area contributed by atoms with Gasteiger partial charge in [0.2, 0.25) is 0 Å². The molecule has 0 atom stereocenters. The maximum absolute atomic E-state index is 5.87. The number of anilines is 1. The smallest absolute Gasteiger partial charge is 0.152 e. The Morgan fingerprint density at radius 2 is 2.07 bits per heavy atom. The lowest BCUT2D eigenvalue weighted by molar-refractivity contribution is 0.436. The van der Waals surface area contributed by atoms with Gasteiger partial charge in [-0.25, -0.2) is 0 Å². The molecule has 0 aliphatic carbocycles. The zero-order chi connectivity index (χ0) is 10.8. The third kappa shape index (κ3) is 1.76. The number of hydrogen-bond donors (Lipinski definition) is 1. The molecule has 0 saturated carbocycles. The molecule has 2 rings (SSSR count). The van der Waals surface area contributed by atoms with Crippen LogP contribution in [0.15, 0.2) is 55.0 Å². The molecule has 0 radical (unpaired) electrons. The van der Waals surface area contributed by atoms with Crippen LogP contribution in [-0.2, 0) is 0 Å². The van der Waals surface area contributed by atoms with Crippen molar-refractivity contribution in [3.63, 3.8) is 0 Å². The SMILES string of the molecule is C=CC1=C(C=C)Oc2cc(Cl)ccc2N1. The number of fused-ring (bicyclic) bond motifs is 1. The summed E-state index contributed by atoms with van der Waals surface area (Å²) in [5, 5.41) is 3.82. The van der Waals surface area contributed by atoms with E-state index < -0.39 is 0 Å². The quantitative estimate of drug-likeness (QED) is 0.819. The Kier molecular flexibility index (Phi) is 2.52. The summed E-state index contributed by atoms with van der Waals surface area (Å²) in [5.74, 6) is 1.35. The fourth-order valence-corrected chi connectivity index (χ4v) is 1.53. The maximum atomic E-state index is 5.87. The Morgan fingerprint density at radius 3 is 2.73 bits per heavy atom. The van der Waals surface area contributed by atoms with Crippen LogP contribution in [0.4, 0.5) is 5.69 Å². The van der Waals surface area contributed by atoms with Crippen LogP contribution in [0, 0.1) is 0 Å². The Hall–Kier alpha value is -1.67. The van der Waals surface area contributed by atoms with Crippen LogP contribution in [0.25, 0.3) is 0 Å². The molecule has 0 unspecified atom stereocenters. The molecule has 1 heterocycles. The zero-order valence-corrected chi connectivity index (χ0v) is 8.84. The first kappa shape index (κ1) is 9.87. The van der Waals surface area contributed by atoms with Crippen LogP contribution in [0.2, 0.25) is 5.02 Å². The van der Waals surface area contributed by atoms with Gasteiger partial charge in [-0.1, -0.05) is 24.8 Å². The number of ether oxygens (including phenoxy) is 1. The molecule has 1 aliphatic heterocycles. The highest BCUT2D eigenvalue weighted by Gasteiger charge is 2.15. The summed E-state index contributed by atoms with van der Waals surface area (Å²) >= 11 is 5.87. The topological polar surface area (TPSA) is 21.3 Å². The summed E-state index contributed by atoms with van der Waals surface area (Å²) in [6, 6.07) is 5.42. The van der Waals surface area contributed by atoms with Gasteiger partial charge in [0.15, 0.2) is 5.75 Å². The second kappa shape index (κ2) is 3.83. The predicted molar refractivity (Wildman–Crippen MR) is 63.1 cm³/mol. The first-order valence-electron chi connectivity index (χ1n) is 4.48. The lowest BCUT2D eigenvalue weighted by Gasteiger charge is -2.21. The molecule has 0 spiro atoms. The highest BCUT2D eigenvalue weighted by molar-refractivity contribution is 6.30. The number of allylic oxidation sites excluding steroid dienone is 2. The minimum atomic E-state index is 0.640. The predicted octanol–water partition coefficient (Wildman–Crippen LogP) is 3.73. The molecular formula is C12H10ClNO.